The molecular weight excluding hydrogens is 292 g/mol. The number of fused-ring (bicyclic) bond motifs is 1. The first kappa shape index (κ1) is 15.7. The summed E-state index contributed by atoms with van der Waals surface area (Å²) in [4.78, 5) is 23.6. The van der Waals surface area contributed by atoms with Gasteiger partial charge in [0, 0.05) is 26.2 Å². The first-order valence-corrected chi connectivity index (χ1v) is 8.21. The van der Waals surface area contributed by atoms with Gasteiger partial charge in [0.2, 0.25) is 5.82 Å². The molecule has 1 aliphatic heterocycles. The van der Waals surface area contributed by atoms with Crippen molar-refractivity contribution in [3.8, 4) is 0 Å². The summed E-state index contributed by atoms with van der Waals surface area (Å²) in [5, 5.41) is 8.05. The minimum Gasteiger partial charge on any atom is -0.356 e. The topological polar surface area (TPSA) is 75.9 Å². The first-order valence-electron chi connectivity index (χ1n) is 8.21. The van der Waals surface area contributed by atoms with Crippen molar-refractivity contribution in [2.24, 2.45) is 13.0 Å². The average molecular weight is 316 g/mol. The van der Waals surface area contributed by atoms with Crippen molar-refractivity contribution in [2.45, 2.75) is 39.7 Å². The van der Waals surface area contributed by atoms with Crippen LogP contribution in [0.2, 0.25) is 0 Å². The van der Waals surface area contributed by atoms with Crippen LogP contribution in [-0.2, 0) is 7.05 Å². The van der Waals surface area contributed by atoms with E-state index in [4.69, 9.17) is 0 Å². The van der Waals surface area contributed by atoms with E-state index in [-0.39, 0.29) is 17.8 Å². The Morgan fingerprint density at radius 1 is 1.30 bits per heavy atom. The lowest BCUT2D eigenvalue weighted by atomic mass is 9.99. The van der Waals surface area contributed by atoms with Gasteiger partial charge in [0.05, 0.1) is 11.6 Å². The van der Waals surface area contributed by atoms with Crippen LogP contribution in [0, 0.1) is 5.92 Å². The molecular formula is C16H24N6O. The molecule has 0 unspecified atom stereocenters. The Hall–Kier alpha value is -2.18. The highest BCUT2D eigenvalue weighted by molar-refractivity contribution is 5.95. The molecule has 1 fully saturated rings. The fourth-order valence-electron chi connectivity index (χ4n) is 2.90. The van der Waals surface area contributed by atoms with Crippen molar-refractivity contribution in [1.29, 1.82) is 0 Å². The van der Waals surface area contributed by atoms with Crippen molar-refractivity contribution < 1.29 is 4.79 Å². The Kier molecular flexibility index (Phi) is 4.19. The number of aromatic nitrogens is 4. The molecule has 0 aliphatic carbocycles. The Bertz CT molecular complexity index is 715. The highest BCUT2D eigenvalue weighted by Gasteiger charge is 2.23. The predicted octanol–water partition coefficient (Wildman–Crippen LogP) is 1.74. The van der Waals surface area contributed by atoms with Crippen LogP contribution in [0.1, 0.15) is 44.2 Å². The monoisotopic (exact) mass is 316 g/mol. The zero-order valence-corrected chi connectivity index (χ0v) is 14.2. The summed E-state index contributed by atoms with van der Waals surface area (Å²) in [5.41, 5.74) is 0.697. The van der Waals surface area contributed by atoms with E-state index in [9.17, 15) is 4.79 Å². The molecule has 0 spiro atoms. The Morgan fingerprint density at radius 3 is 2.65 bits per heavy atom. The second-order valence-corrected chi connectivity index (χ2v) is 6.67. The van der Waals surface area contributed by atoms with Gasteiger partial charge in [-0.3, -0.25) is 9.48 Å². The minimum atomic E-state index is -0.241. The SMILES string of the molecule is CC1CCN(c2nc(C(=O)NC(C)C)nc3c2cnn3C)CC1. The van der Waals surface area contributed by atoms with Crippen LogP contribution < -0.4 is 10.2 Å². The zero-order valence-electron chi connectivity index (χ0n) is 14.2. The van der Waals surface area contributed by atoms with Gasteiger partial charge in [0.1, 0.15) is 5.82 Å². The van der Waals surface area contributed by atoms with Crippen LogP contribution in [0.25, 0.3) is 11.0 Å². The van der Waals surface area contributed by atoms with E-state index in [1.165, 1.54) is 0 Å². The highest BCUT2D eigenvalue weighted by atomic mass is 16.2. The number of nitrogens with one attached hydrogen (secondary N) is 1. The summed E-state index contributed by atoms with van der Waals surface area (Å²) in [6, 6.07) is 0.0487. The molecule has 0 bridgehead atoms. The quantitative estimate of drug-likeness (QED) is 0.933. The van der Waals surface area contributed by atoms with Crippen LogP contribution >= 0.6 is 0 Å². The number of hydrogen-bond donors (Lipinski definition) is 1. The summed E-state index contributed by atoms with van der Waals surface area (Å²) < 4.78 is 1.69. The van der Waals surface area contributed by atoms with Gasteiger partial charge in [0.25, 0.3) is 5.91 Å². The number of carbonyl (C=O) groups excluding carboxylic acids is 1. The van der Waals surface area contributed by atoms with E-state index in [2.05, 4.69) is 32.2 Å². The average Bonchev–Trinajstić information content (AvgIpc) is 2.88. The molecule has 23 heavy (non-hydrogen) atoms. The Balaban J connectivity index is 2.03. The molecule has 124 valence electrons. The van der Waals surface area contributed by atoms with Crippen LogP contribution in [0.4, 0.5) is 5.82 Å². The first-order chi connectivity index (χ1) is 11.0. The van der Waals surface area contributed by atoms with Gasteiger partial charge >= 0.3 is 0 Å². The molecule has 1 saturated heterocycles. The van der Waals surface area contributed by atoms with E-state index in [1.807, 2.05) is 20.9 Å². The molecule has 0 atom stereocenters. The number of carbonyl (C=O) groups is 1. The molecule has 7 heteroatoms. The van der Waals surface area contributed by atoms with Gasteiger partial charge in [-0.05, 0) is 32.6 Å². The van der Waals surface area contributed by atoms with Crippen molar-refractivity contribution in [3.05, 3.63) is 12.0 Å². The number of piperidine rings is 1. The van der Waals surface area contributed by atoms with Gasteiger partial charge in [-0.1, -0.05) is 6.92 Å². The van der Waals surface area contributed by atoms with Crippen LogP contribution in [-0.4, -0.2) is 44.8 Å². The lowest BCUT2D eigenvalue weighted by Crippen LogP contribution is -2.35. The lowest BCUT2D eigenvalue weighted by Gasteiger charge is -2.31. The van der Waals surface area contributed by atoms with E-state index < -0.39 is 0 Å². The number of anilines is 1. The third kappa shape index (κ3) is 3.13. The maximum atomic E-state index is 12.3. The predicted molar refractivity (Wildman–Crippen MR) is 89.5 cm³/mol. The zero-order chi connectivity index (χ0) is 16.6. The van der Waals surface area contributed by atoms with Crippen molar-refractivity contribution in [3.63, 3.8) is 0 Å². The van der Waals surface area contributed by atoms with Gasteiger partial charge in [-0.25, -0.2) is 9.97 Å². The molecule has 0 saturated carbocycles. The van der Waals surface area contributed by atoms with Gasteiger partial charge in [-0.2, -0.15) is 5.10 Å². The number of hydrogen-bond acceptors (Lipinski definition) is 5. The van der Waals surface area contributed by atoms with Crippen LogP contribution in [0.15, 0.2) is 6.20 Å². The smallest absolute Gasteiger partial charge is 0.289 e. The molecule has 1 aliphatic rings. The standard InChI is InChI=1S/C16H24N6O/c1-10(2)18-16(23)13-19-14-12(9-17-21(14)4)15(20-13)22-7-5-11(3)6-8-22/h9-11H,5-8H2,1-4H3,(H,18,23). The third-order valence-corrected chi connectivity index (χ3v) is 4.28. The van der Waals surface area contributed by atoms with Gasteiger partial charge in [0.15, 0.2) is 5.65 Å². The van der Waals surface area contributed by atoms with Crippen molar-refractivity contribution in [2.75, 3.05) is 18.0 Å². The fourth-order valence-corrected chi connectivity index (χ4v) is 2.90. The van der Waals surface area contributed by atoms with Gasteiger partial charge in [-0.15, -0.1) is 0 Å². The highest BCUT2D eigenvalue weighted by Crippen LogP contribution is 2.27. The van der Waals surface area contributed by atoms with E-state index in [1.54, 1.807) is 10.9 Å². The normalized spacial score (nSPS) is 16.3. The third-order valence-electron chi connectivity index (χ3n) is 4.28. The summed E-state index contributed by atoms with van der Waals surface area (Å²) >= 11 is 0. The molecule has 7 nitrogen and oxygen atoms in total. The number of aryl methyl sites for hydroxylation is 1. The molecule has 1 N–H and O–H groups in total. The molecule has 2 aromatic heterocycles. The van der Waals surface area contributed by atoms with Crippen molar-refractivity contribution >= 4 is 22.8 Å². The second-order valence-electron chi connectivity index (χ2n) is 6.67. The summed E-state index contributed by atoms with van der Waals surface area (Å²) in [7, 11) is 1.83. The summed E-state index contributed by atoms with van der Waals surface area (Å²) in [6.45, 7) is 8.03. The lowest BCUT2D eigenvalue weighted by molar-refractivity contribution is 0.0933. The maximum Gasteiger partial charge on any atom is 0.289 e. The minimum absolute atomic E-state index is 0.0487. The molecule has 3 rings (SSSR count). The number of nitrogens with zero attached hydrogens (tertiary/aromatic N) is 5. The Morgan fingerprint density at radius 2 is 2.00 bits per heavy atom. The second kappa shape index (κ2) is 6.14. The molecule has 0 radical (unpaired) electrons. The molecule has 3 heterocycles. The van der Waals surface area contributed by atoms with Gasteiger partial charge < -0.3 is 10.2 Å². The van der Waals surface area contributed by atoms with E-state index in [0.717, 1.165) is 43.1 Å². The number of rotatable bonds is 3. The molecule has 2 aromatic rings. The van der Waals surface area contributed by atoms with Crippen LogP contribution in [0.5, 0.6) is 0 Å². The summed E-state index contributed by atoms with van der Waals surface area (Å²) in [5.74, 6) is 1.53. The number of amides is 1. The Labute approximate surface area is 136 Å². The van der Waals surface area contributed by atoms with Crippen LogP contribution in [0.3, 0.4) is 0 Å². The fraction of sp³-hybridized carbons (Fsp3) is 0.625. The molecule has 0 aromatic carbocycles. The summed E-state index contributed by atoms with van der Waals surface area (Å²) in [6.07, 6.45) is 4.06. The largest absolute Gasteiger partial charge is 0.356 e. The van der Waals surface area contributed by atoms with E-state index >= 15 is 0 Å². The molecule has 1 amide bonds. The van der Waals surface area contributed by atoms with E-state index in [0.29, 0.717) is 5.65 Å². The van der Waals surface area contributed by atoms with Crippen molar-refractivity contribution in [1.82, 2.24) is 25.1 Å². The maximum absolute atomic E-state index is 12.3.